The monoisotopic (exact) mass is 321 g/mol. The number of nitrogens with zero attached hydrogens (tertiary/aromatic N) is 2. The van der Waals surface area contributed by atoms with Crippen molar-refractivity contribution in [1.29, 1.82) is 0 Å². The molecule has 1 aromatic carbocycles. The second kappa shape index (κ2) is 6.45. The Bertz CT molecular complexity index is 910. The third-order valence-electron chi connectivity index (χ3n) is 3.60. The molecule has 0 aliphatic heterocycles. The Labute approximate surface area is 138 Å². The van der Waals surface area contributed by atoms with E-state index in [1.165, 1.54) is 6.92 Å². The van der Waals surface area contributed by atoms with Gasteiger partial charge in [0.2, 0.25) is 0 Å². The lowest BCUT2D eigenvalue weighted by Gasteiger charge is -2.12. The summed E-state index contributed by atoms with van der Waals surface area (Å²) in [5.41, 5.74) is 7.60. The molecule has 0 aliphatic rings. The van der Waals surface area contributed by atoms with Crippen molar-refractivity contribution in [2.45, 2.75) is 13.0 Å². The minimum Gasteiger partial charge on any atom is -0.449 e. The molecule has 6 nitrogen and oxygen atoms in total. The fraction of sp³-hybridized carbons (Fsp3) is 0.111. The molecule has 0 saturated carbocycles. The summed E-state index contributed by atoms with van der Waals surface area (Å²) in [6, 6.07) is 12.5. The number of pyridine rings is 2. The number of benzene rings is 1. The molecule has 0 bridgehead atoms. The van der Waals surface area contributed by atoms with Crippen molar-refractivity contribution in [3.63, 3.8) is 0 Å². The smallest absolute Gasteiger partial charge is 0.339 e. The van der Waals surface area contributed by atoms with Crippen molar-refractivity contribution < 1.29 is 14.3 Å². The molecule has 0 spiro atoms. The lowest BCUT2D eigenvalue weighted by atomic mass is 10.0. The zero-order valence-electron chi connectivity index (χ0n) is 13.0. The SMILES string of the molecule is CC(OC(=O)c1cc(-c2ccncc2)nc2ccccc12)C(N)=O. The number of hydrogen-bond donors (Lipinski definition) is 1. The van der Waals surface area contributed by atoms with Gasteiger partial charge in [-0.3, -0.25) is 9.78 Å². The van der Waals surface area contributed by atoms with Gasteiger partial charge >= 0.3 is 5.97 Å². The Balaban J connectivity index is 2.11. The number of esters is 1. The van der Waals surface area contributed by atoms with Crippen molar-refractivity contribution in [2.75, 3.05) is 0 Å². The van der Waals surface area contributed by atoms with Crippen LogP contribution < -0.4 is 5.73 Å². The largest absolute Gasteiger partial charge is 0.449 e. The minimum absolute atomic E-state index is 0.334. The van der Waals surface area contributed by atoms with Crippen LogP contribution in [-0.2, 0) is 9.53 Å². The van der Waals surface area contributed by atoms with Gasteiger partial charge in [0.25, 0.3) is 5.91 Å². The maximum absolute atomic E-state index is 12.5. The van der Waals surface area contributed by atoms with E-state index in [4.69, 9.17) is 10.5 Å². The molecule has 2 N–H and O–H groups in total. The normalized spacial score (nSPS) is 11.9. The molecule has 2 heterocycles. The van der Waals surface area contributed by atoms with Gasteiger partial charge in [-0.2, -0.15) is 0 Å². The van der Waals surface area contributed by atoms with Crippen molar-refractivity contribution >= 4 is 22.8 Å². The van der Waals surface area contributed by atoms with Gasteiger partial charge in [0, 0.05) is 23.3 Å². The highest BCUT2D eigenvalue weighted by Gasteiger charge is 2.19. The number of carbonyl (C=O) groups is 2. The van der Waals surface area contributed by atoms with Crippen LogP contribution >= 0.6 is 0 Å². The molecule has 3 aromatic rings. The maximum atomic E-state index is 12.5. The molecular weight excluding hydrogens is 306 g/mol. The zero-order chi connectivity index (χ0) is 17.1. The summed E-state index contributed by atoms with van der Waals surface area (Å²) >= 11 is 0. The molecule has 0 saturated heterocycles. The summed E-state index contributed by atoms with van der Waals surface area (Å²) in [6.45, 7) is 1.44. The van der Waals surface area contributed by atoms with Crippen LogP contribution in [0.5, 0.6) is 0 Å². The predicted molar refractivity (Wildman–Crippen MR) is 89.0 cm³/mol. The number of para-hydroxylation sites is 1. The van der Waals surface area contributed by atoms with E-state index in [1.807, 2.05) is 18.2 Å². The number of aromatic nitrogens is 2. The number of nitrogens with two attached hydrogens (primary N) is 1. The summed E-state index contributed by atoms with van der Waals surface area (Å²) in [6.07, 6.45) is 2.30. The summed E-state index contributed by atoms with van der Waals surface area (Å²) in [4.78, 5) is 32.2. The third-order valence-corrected chi connectivity index (χ3v) is 3.60. The van der Waals surface area contributed by atoms with Crippen LogP contribution in [0.2, 0.25) is 0 Å². The second-order valence-electron chi connectivity index (χ2n) is 5.26. The van der Waals surface area contributed by atoms with E-state index in [0.29, 0.717) is 22.2 Å². The fourth-order valence-corrected chi connectivity index (χ4v) is 2.30. The third kappa shape index (κ3) is 3.08. The lowest BCUT2D eigenvalue weighted by molar-refractivity contribution is -0.125. The van der Waals surface area contributed by atoms with Crippen LogP contribution in [0.1, 0.15) is 17.3 Å². The highest BCUT2D eigenvalue weighted by molar-refractivity contribution is 6.05. The van der Waals surface area contributed by atoms with E-state index in [1.54, 1.807) is 36.7 Å². The number of ether oxygens (including phenoxy) is 1. The molecule has 0 fully saturated rings. The van der Waals surface area contributed by atoms with Gasteiger partial charge in [0.05, 0.1) is 16.8 Å². The van der Waals surface area contributed by atoms with Gasteiger partial charge in [-0.25, -0.2) is 9.78 Å². The summed E-state index contributed by atoms with van der Waals surface area (Å²) < 4.78 is 5.14. The first kappa shape index (κ1) is 15.6. The van der Waals surface area contributed by atoms with Crippen LogP contribution in [0.15, 0.2) is 54.9 Å². The van der Waals surface area contributed by atoms with E-state index >= 15 is 0 Å². The number of rotatable bonds is 4. The highest BCUT2D eigenvalue weighted by Crippen LogP contribution is 2.25. The Morgan fingerprint density at radius 3 is 2.54 bits per heavy atom. The maximum Gasteiger partial charge on any atom is 0.339 e. The van der Waals surface area contributed by atoms with Crippen molar-refractivity contribution in [1.82, 2.24) is 9.97 Å². The molecule has 1 unspecified atom stereocenters. The Hall–Kier alpha value is -3.28. The molecule has 2 aromatic heterocycles. The Kier molecular flexibility index (Phi) is 4.20. The van der Waals surface area contributed by atoms with Gasteiger partial charge in [0.1, 0.15) is 0 Å². The number of fused-ring (bicyclic) bond motifs is 1. The average Bonchev–Trinajstić information content (AvgIpc) is 2.61. The van der Waals surface area contributed by atoms with Gasteiger partial charge in [-0.1, -0.05) is 18.2 Å². The summed E-state index contributed by atoms with van der Waals surface area (Å²) in [7, 11) is 0. The predicted octanol–water partition coefficient (Wildman–Crippen LogP) is 2.33. The van der Waals surface area contributed by atoms with E-state index in [2.05, 4.69) is 9.97 Å². The molecule has 1 amide bonds. The summed E-state index contributed by atoms with van der Waals surface area (Å²) in [5, 5.41) is 0.650. The fourth-order valence-electron chi connectivity index (χ4n) is 2.30. The van der Waals surface area contributed by atoms with E-state index < -0.39 is 18.0 Å². The highest BCUT2D eigenvalue weighted by atomic mass is 16.5. The van der Waals surface area contributed by atoms with Crippen molar-refractivity contribution in [3.05, 3.63) is 60.4 Å². The molecular formula is C18H15N3O3. The van der Waals surface area contributed by atoms with Crippen LogP contribution in [-0.4, -0.2) is 27.9 Å². The quantitative estimate of drug-likeness (QED) is 0.744. The van der Waals surface area contributed by atoms with E-state index in [-0.39, 0.29) is 0 Å². The standard InChI is InChI=1S/C18H15N3O3/c1-11(17(19)22)24-18(23)14-10-16(12-6-8-20-9-7-12)21-15-5-3-2-4-13(14)15/h2-11H,1H3,(H2,19,22). The number of carbonyl (C=O) groups excluding carboxylic acids is 2. The molecule has 3 rings (SSSR count). The molecule has 24 heavy (non-hydrogen) atoms. The number of primary amides is 1. The van der Waals surface area contributed by atoms with Gasteiger partial charge in [-0.15, -0.1) is 0 Å². The van der Waals surface area contributed by atoms with Crippen LogP contribution in [0.25, 0.3) is 22.2 Å². The first-order chi connectivity index (χ1) is 11.6. The molecule has 120 valence electrons. The van der Waals surface area contributed by atoms with Gasteiger partial charge < -0.3 is 10.5 Å². The van der Waals surface area contributed by atoms with Crippen molar-refractivity contribution in [2.24, 2.45) is 5.73 Å². The molecule has 0 aliphatic carbocycles. The van der Waals surface area contributed by atoms with Crippen LogP contribution in [0.4, 0.5) is 0 Å². The lowest BCUT2D eigenvalue weighted by Crippen LogP contribution is -2.30. The number of amides is 1. The van der Waals surface area contributed by atoms with Crippen LogP contribution in [0.3, 0.4) is 0 Å². The van der Waals surface area contributed by atoms with E-state index in [9.17, 15) is 9.59 Å². The first-order valence-electron chi connectivity index (χ1n) is 7.37. The van der Waals surface area contributed by atoms with Gasteiger partial charge in [-0.05, 0) is 31.2 Å². The summed E-state index contributed by atoms with van der Waals surface area (Å²) in [5.74, 6) is -1.31. The topological polar surface area (TPSA) is 95.2 Å². The molecule has 0 radical (unpaired) electrons. The minimum atomic E-state index is -1.01. The Morgan fingerprint density at radius 1 is 1.12 bits per heavy atom. The van der Waals surface area contributed by atoms with Crippen LogP contribution in [0, 0.1) is 0 Å². The number of hydrogen-bond acceptors (Lipinski definition) is 5. The first-order valence-corrected chi connectivity index (χ1v) is 7.37. The molecule has 6 heteroatoms. The average molecular weight is 321 g/mol. The second-order valence-corrected chi connectivity index (χ2v) is 5.26. The van der Waals surface area contributed by atoms with Gasteiger partial charge in [0.15, 0.2) is 6.10 Å². The molecule has 1 atom stereocenters. The van der Waals surface area contributed by atoms with Crippen molar-refractivity contribution in [3.8, 4) is 11.3 Å². The Morgan fingerprint density at radius 2 is 1.83 bits per heavy atom. The van der Waals surface area contributed by atoms with E-state index in [0.717, 1.165) is 5.56 Å². The zero-order valence-corrected chi connectivity index (χ0v) is 13.0.